The molecule has 22 heavy (non-hydrogen) atoms. The van der Waals surface area contributed by atoms with Crippen LogP contribution in [-0.4, -0.2) is 5.78 Å². The first kappa shape index (κ1) is 14.5. The molecule has 1 atom stereocenters. The van der Waals surface area contributed by atoms with Crippen LogP contribution in [0.1, 0.15) is 24.8 Å². The monoisotopic (exact) mass is 288 g/mol. The largest absolute Gasteiger partial charge is 0.295 e. The van der Waals surface area contributed by atoms with E-state index < -0.39 is 0 Å². The highest BCUT2D eigenvalue weighted by molar-refractivity contribution is 5.94. The number of rotatable bonds is 5. The fourth-order valence-corrected chi connectivity index (χ4v) is 2.76. The minimum atomic E-state index is 0.205. The minimum absolute atomic E-state index is 0.205. The van der Waals surface area contributed by atoms with Crippen LogP contribution in [0.3, 0.4) is 0 Å². The molecule has 2 aromatic rings. The van der Waals surface area contributed by atoms with Crippen LogP contribution in [0.4, 0.5) is 0 Å². The van der Waals surface area contributed by atoms with Gasteiger partial charge in [0.2, 0.25) is 0 Å². The number of carbonyl (C=O) groups is 1. The molecule has 0 aliphatic heterocycles. The van der Waals surface area contributed by atoms with E-state index in [0.717, 1.165) is 18.4 Å². The van der Waals surface area contributed by atoms with Gasteiger partial charge in [-0.2, -0.15) is 0 Å². The Labute approximate surface area is 131 Å². The van der Waals surface area contributed by atoms with Crippen LogP contribution in [0, 0.1) is 5.92 Å². The van der Waals surface area contributed by atoms with E-state index in [4.69, 9.17) is 0 Å². The first-order chi connectivity index (χ1) is 10.8. The molecule has 0 amide bonds. The zero-order valence-electron chi connectivity index (χ0n) is 12.6. The van der Waals surface area contributed by atoms with Gasteiger partial charge in [-0.25, -0.2) is 0 Å². The predicted molar refractivity (Wildman–Crippen MR) is 93.6 cm³/mol. The van der Waals surface area contributed by atoms with Crippen molar-refractivity contribution >= 4 is 22.6 Å². The van der Waals surface area contributed by atoms with Crippen LogP contribution in [0.2, 0.25) is 0 Å². The van der Waals surface area contributed by atoms with Gasteiger partial charge in [0.05, 0.1) is 0 Å². The number of hydrogen-bond donors (Lipinski definition) is 0. The highest BCUT2D eigenvalue weighted by atomic mass is 16.1. The quantitative estimate of drug-likeness (QED) is 0.679. The van der Waals surface area contributed by atoms with Crippen molar-refractivity contribution in [2.75, 3.05) is 0 Å². The van der Waals surface area contributed by atoms with Gasteiger partial charge in [-0.3, -0.25) is 4.79 Å². The fourth-order valence-electron chi connectivity index (χ4n) is 2.76. The Kier molecular flexibility index (Phi) is 4.65. The first-order valence-electron chi connectivity index (χ1n) is 7.84. The topological polar surface area (TPSA) is 17.1 Å². The average Bonchev–Trinajstić information content (AvgIpc) is 2.59. The second kappa shape index (κ2) is 7.04. The zero-order valence-corrected chi connectivity index (χ0v) is 12.6. The molecular weight excluding hydrogens is 268 g/mol. The summed E-state index contributed by atoms with van der Waals surface area (Å²) in [4.78, 5) is 12.0. The lowest BCUT2D eigenvalue weighted by atomic mass is 9.94. The van der Waals surface area contributed by atoms with Crippen LogP contribution in [-0.2, 0) is 4.79 Å². The van der Waals surface area contributed by atoms with Gasteiger partial charge in [-0.05, 0) is 47.2 Å². The van der Waals surface area contributed by atoms with E-state index in [2.05, 4.69) is 54.6 Å². The molecule has 1 aliphatic rings. The van der Waals surface area contributed by atoms with Gasteiger partial charge in [0.15, 0.2) is 5.78 Å². The lowest BCUT2D eigenvalue weighted by Gasteiger charge is -2.10. The third kappa shape index (κ3) is 3.82. The van der Waals surface area contributed by atoms with Gasteiger partial charge < -0.3 is 0 Å². The van der Waals surface area contributed by atoms with Crippen molar-refractivity contribution in [2.45, 2.75) is 19.3 Å². The summed E-state index contributed by atoms with van der Waals surface area (Å²) in [5.41, 5.74) is 1.08. The third-order valence-corrected chi connectivity index (χ3v) is 4.07. The molecular formula is C21H20O. The van der Waals surface area contributed by atoms with E-state index in [0.29, 0.717) is 12.3 Å². The molecule has 0 N–H and O–H groups in total. The van der Waals surface area contributed by atoms with Crippen molar-refractivity contribution in [1.29, 1.82) is 0 Å². The number of carbonyl (C=O) groups excluding carboxylic acids is 1. The number of hydrogen-bond acceptors (Lipinski definition) is 1. The van der Waals surface area contributed by atoms with Crippen LogP contribution >= 0.6 is 0 Å². The lowest BCUT2D eigenvalue weighted by molar-refractivity contribution is -0.114. The Morgan fingerprint density at radius 1 is 1.09 bits per heavy atom. The molecule has 3 rings (SSSR count). The van der Waals surface area contributed by atoms with Crippen molar-refractivity contribution in [3.63, 3.8) is 0 Å². The molecule has 110 valence electrons. The second-order valence-electron chi connectivity index (χ2n) is 5.75. The van der Waals surface area contributed by atoms with Crippen LogP contribution in [0.5, 0.6) is 0 Å². The summed E-state index contributed by atoms with van der Waals surface area (Å²) in [5, 5.41) is 2.43. The summed E-state index contributed by atoms with van der Waals surface area (Å²) >= 11 is 0. The molecule has 0 saturated heterocycles. The average molecular weight is 288 g/mol. The number of allylic oxidation sites excluding steroid dienone is 5. The number of benzene rings is 2. The molecule has 0 radical (unpaired) electrons. The highest BCUT2D eigenvalue weighted by Crippen LogP contribution is 2.19. The first-order valence-corrected chi connectivity index (χ1v) is 7.84. The van der Waals surface area contributed by atoms with Crippen LogP contribution in [0.25, 0.3) is 16.8 Å². The maximum absolute atomic E-state index is 12.0. The summed E-state index contributed by atoms with van der Waals surface area (Å²) < 4.78 is 0. The van der Waals surface area contributed by atoms with Crippen molar-refractivity contribution < 1.29 is 4.79 Å². The summed E-state index contributed by atoms with van der Waals surface area (Å²) in [6, 6.07) is 14.5. The molecule has 0 bridgehead atoms. The molecule has 0 aromatic heterocycles. The van der Waals surface area contributed by atoms with Crippen LogP contribution < -0.4 is 0 Å². The summed E-state index contributed by atoms with van der Waals surface area (Å²) in [6.45, 7) is 0. The molecule has 1 heteroatoms. The Morgan fingerprint density at radius 2 is 1.95 bits per heavy atom. The van der Waals surface area contributed by atoms with Crippen molar-refractivity contribution in [2.24, 2.45) is 5.92 Å². The van der Waals surface area contributed by atoms with Gasteiger partial charge in [0.1, 0.15) is 0 Å². The Hall–Kier alpha value is -2.41. The molecule has 1 nitrogen and oxygen atoms in total. The molecule has 0 spiro atoms. The fraction of sp³-hybridized carbons (Fsp3) is 0.190. The maximum atomic E-state index is 12.0. The highest BCUT2D eigenvalue weighted by Gasteiger charge is 2.07. The van der Waals surface area contributed by atoms with Gasteiger partial charge in [0.25, 0.3) is 0 Å². The van der Waals surface area contributed by atoms with Gasteiger partial charge in [0, 0.05) is 6.42 Å². The molecule has 1 aliphatic carbocycles. The van der Waals surface area contributed by atoms with E-state index >= 15 is 0 Å². The second-order valence-corrected chi connectivity index (χ2v) is 5.75. The Bertz CT molecular complexity index is 749. The van der Waals surface area contributed by atoms with Gasteiger partial charge >= 0.3 is 0 Å². The smallest absolute Gasteiger partial charge is 0.155 e. The predicted octanol–water partition coefficient (Wildman–Crippen LogP) is 5.33. The van der Waals surface area contributed by atoms with E-state index in [1.165, 1.54) is 10.8 Å². The minimum Gasteiger partial charge on any atom is -0.295 e. The summed E-state index contributed by atoms with van der Waals surface area (Å²) in [5.74, 6) is 0.721. The van der Waals surface area contributed by atoms with Crippen molar-refractivity contribution in [3.8, 4) is 0 Å². The van der Waals surface area contributed by atoms with E-state index in [-0.39, 0.29) is 5.78 Å². The van der Waals surface area contributed by atoms with E-state index in [9.17, 15) is 4.79 Å². The Morgan fingerprint density at radius 3 is 2.77 bits per heavy atom. The number of fused-ring (bicyclic) bond motifs is 1. The Balaban J connectivity index is 1.58. The standard InChI is InChI=1S/C21H20O/c22-21(14-11-17-6-2-1-3-7-17)15-12-18-10-13-19-8-4-5-9-20(19)16-18/h1-6,8-10,12-13,15-17H,7,11,14H2. The van der Waals surface area contributed by atoms with Crippen LogP contribution in [0.15, 0.2) is 72.8 Å². The van der Waals surface area contributed by atoms with Gasteiger partial charge in [-0.1, -0.05) is 66.8 Å². The normalized spacial score (nSPS) is 17.4. The molecule has 0 heterocycles. The number of ketones is 1. The summed E-state index contributed by atoms with van der Waals surface area (Å²) in [6.07, 6.45) is 14.7. The zero-order chi connectivity index (χ0) is 15.2. The SMILES string of the molecule is O=C(C=Cc1ccc2ccccc2c1)CCC1C=CC=CC1. The molecule has 2 aromatic carbocycles. The summed E-state index contributed by atoms with van der Waals surface area (Å²) in [7, 11) is 0. The maximum Gasteiger partial charge on any atom is 0.155 e. The van der Waals surface area contributed by atoms with Crippen molar-refractivity contribution in [3.05, 3.63) is 78.4 Å². The lowest BCUT2D eigenvalue weighted by Crippen LogP contribution is -2.01. The van der Waals surface area contributed by atoms with E-state index in [1.54, 1.807) is 6.08 Å². The third-order valence-electron chi connectivity index (χ3n) is 4.07. The van der Waals surface area contributed by atoms with Crippen molar-refractivity contribution in [1.82, 2.24) is 0 Å². The molecule has 0 saturated carbocycles. The molecule has 0 fully saturated rings. The van der Waals surface area contributed by atoms with E-state index in [1.807, 2.05) is 18.2 Å². The molecule has 1 unspecified atom stereocenters. The van der Waals surface area contributed by atoms with Gasteiger partial charge in [-0.15, -0.1) is 0 Å².